The van der Waals surface area contributed by atoms with Crippen molar-refractivity contribution in [2.24, 2.45) is 11.8 Å². The summed E-state index contributed by atoms with van der Waals surface area (Å²) in [5.74, 6) is 2.16. The Morgan fingerprint density at radius 1 is 1.19 bits per heavy atom. The minimum atomic E-state index is -0.259. The van der Waals surface area contributed by atoms with Gasteiger partial charge in [0.25, 0.3) is 5.56 Å². The standard InChI is InChI=1S/C16H15BrN2O2/c17-9-6-4-8(5-7-9)12-15(20)18-14(19-16(12)21)13-10-2-1-3-11(10)13/h4-7,10-11,13H,1-3H2,(H2,18,19,20,21). The van der Waals surface area contributed by atoms with Gasteiger partial charge in [-0.3, -0.25) is 4.79 Å². The van der Waals surface area contributed by atoms with Crippen LogP contribution in [0.1, 0.15) is 31.0 Å². The second kappa shape index (κ2) is 4.70. The quantitative estimate of drug-likeness (QED) is 0.875. The predicted octanol–water partition coefficient (Wildman–Crippen LogP) is 3.42. The molecule has 0 spiro atoms. The number of nitrogens with one attached hydrogen (secondary N) is 1. The van der Waals surface area contributed by atoms with E-state index < -0.39 is 0 Å². The van der Waals surface area contributed by atoms with Crippen molar-refractivity contribution in [2.75, 3.05) is 0 Å². The molecule has 2 unspecified atom stereocenters. The van der Waals surface area contributed by atoms with E-state index in [2.05, 4.69) is 25.9 Å². The van der Waals surface area contributed by atoms with E-state index in [9.17, 15) is 9.90 Å². The van der Waals surface area contributed by atoms with E-state index in [1.54, 1.807) is 12.1 Å². The lowest BCUT2D eigenvalue weighted by atomic mass is 10.1. The number of benzene rings is 1. The van der Waals surface area contributed by atoms with Crippen molar-refractivity contribution in [3.63, 3.8) is 0 Å². The fraction of sp³-hybridized carbons (Fsp3) is 0.375. The van der Waals surface area contributed by atoms with E-state index >= 15 is 0 Å². The summed E-state index contributed by atoms with van der Waals surface area (Å²) in [6.45, 7) is 0. The van der Waals surface area contributed by atoms with Crippen LogP contribution in [0, 0.1) is 11.8 Å². The van der Waals surface area contributed by atoms with Crippen molar-refractivity contribution >= 4 is 15.9 Å². The number of aromatic amines is 1. The second-order valence-corrected chi connectivity index (χ2v) is 6.86. The largest absolute Gasteiger partial charge is 0.493 e. The Kier molecular flexibility index (Phi) is 2.92. The predicted molar refractivity (Wildman–Crippen MR) is 83.2 cm³/mol. The van der Waals surface area contributed by atoms with Gasteiger partial charge in [-0.25, -0.2) is 0 Å². The van der Waals surface area contributed by atoms with Gasteiger partial charge in [0, 0.05) is 10.4 Å². The third-order valence-corrected chi connectivity index (χ3v) is 5.30. The Labute approximate surface area is 130 Å². The van der Waals surface area contributed by atoms with Crippen molar-refractivity contribution in [1.29, 1.82) is 0 Å². The van der Waals surface area contributed by atoms with Gasteiger partial charge in [-0.1, -0.05) is 34.5 Å². The average molecular weight is 347 g/mol. The molecule has 2 aromatic rings. The number of nitrogens with zero attached hydrogens (tertiary/aromatic N) is 1. The van der Waals surface area contributed by atoms with Crippen molar-refractivity contribution in [3.05, 3.63) is 44.9 Å². The number of hydrogen-bond donors (Lipinski definition) is 2. The van der Waals surface area contributed by atoms with Gasteiger partial charge in [0.2, 0.25) is 5.88 Å². The SMILES string of the molecule is O=c1[nH]c(C2C3CCCC32)nc(O)c1-c1ccc(Br)cc1. The summed E-state index contributed by atoms with van der Waals surface area (Å²) in [6.07, 6.45) is 3.71. The van der Waals surface area contributed by atoms with E-state index in [1.165, 1.54) is 19.3 Å². The number of aromatic hydroxyl groups is 1. The fourth-order valence-corrected chi connectivity index (χ4v) is 4.00. The number of H-pyrrole nitrogens is 1. The van der Waals surface area contributed by atoms with Gasteiger partial charge >= 0.3 is 0 Å². The molecule has 4 nitrogen and oxygen atoms in total. The molecule has 2 atom stereocenters. The molecule has 21 heavy (non-hydrogen) atoms. The molecule has 2 fully saturated rings. The molecule has 0 aliphatic heterocycles. The van der Waals surface area contributed by atoms with Gasteiger partial charge in [0.05, 0.1) is 0 Å². The smallest absolute Gasteiger partial charge is 0.262 e. The summed E-state index contributed by atoms with van der Waals surface area (Å²) in [5, 5.41) is 10.2. The van der Waals surface area contributed by atoms with Crippen LogP contribution in [0.2, 0.25) is 0 Å². The molecule has 0 saturated heterocycles. The molecule has 2 aliphatic rings. The zero-order chi connectivity index (χ0) is 14.6. The van der Waals surface area contributed by atoms with Crippen LogP contribution in [0.3, 0.4) is 0 Å². The molecule has 2 saturated carbocycles. The first-order chi connectivity index (χ1) is 10.1. The highest BCUT2D eigenvalue weighted by Gasteiger charge is 2.54. The summed E-state index contributed by atoms with van der Waals surface area (Å²) < 4.78 is 0.928. The Balaban J connectivity index is 1.73. The van der Waals surface area contributed by atoms with Gasteiger partial charge in [0.15, 0.2) is 0 Å². The molecule has 4 rings (SSSR count). The van der Waals surface area contributed by atoms with Crippen LogP contribution < -0.4 is 5.56 Å². The van der Waals surface area contributed by atoms with Crippen molar-refractivity contribution < 1.29 is 5.11 Å². The molecule has 2 N–H and O–H groups in total. The lowest BCUT2D eigenvalue weighted by Gasteiger charge is -2.07. The maximum Gasteiger partial charge on any atom is 0.262 e. The topological polar surface area (TPSA) is 66.0 Å². The van der Waals surface area contributed by atoms with Crippen LogP contribution in [0.15, 0.2) is 33.5 Å². The lowest BCUT2D eigenvalue weighted by Crippen LogP contribution is -2.14. The highest BCUT2D eigenvalue weighted by atomic mass is 79.9. The van der Waals surface area contributed by atoms with E-state index in [4.69, 9.17) is 0 Å². The summed E-state index contributed by atoms with van der Waals surface area (Å²) >= 11 is 3.36. The number of halogens is 1. The van der Waals surface area contributed by atoms with Crippen LogP contribution in [0.5, 0.6) is 5.88 Å². The average Bonchev–Trinajstić information content (AvgIpc) is 2.93. The highest BCUT2D eigenvalue weighted by molar-refractivity contribution is 9.10. The minimum Gasteiger partial charge on any atom is -0.493 e. The van der Waals surface area contributed by atoms with Crippen LogP contribution in [-0.4, -0.2) is 15.1 Å². The molecule has 1 heterocycles. The highest BCUT2D eigenvalue weighted by Crippen LogP contribution is 2.62. The van der Waals surface area contributed by atoms with Gasteiger partial charge in [-0.05, 0) is 42.4 Å². The third kappa shape index (κ3) is 2.11. The minimum absolute atomic E-state index is 0.166. The van der Waals surface area contributed by atoms with Gasteiger partial charge in [-0.2, -0.15) is 4.98 Å². The first-order valence-electron chi connectivity index (χ1n) is 7.24. The summed E-state index contributed by atoms with van der Waals surface area (Å²) in [7, 11) is 0. The van der Waals surface area contributed by atoms with Gasteiger partial charge in [-0.15, -0.1) is 0 Å². The number of aromatic nitrogens is 2. The van der Waals surface area contributed by atoms with E-state index in [-0.39, 0.29) is 17.0 Å². The first-order valence-corrected chi connectivity index (χ1v) is 8.03. The Bertz CT molecular complexity index is 744. The van der Waals surface area contributed by atoms with E-state index in [0.717, 1.165) is 4.47 Å². The second-order valence-electron chi connectivity index (χ2n) is 5.94. The summed E-state index contributed by atoms with van der Waals surface area (Å²) in [6, 6.07) is 7.27. The van der Waals surface area contributed by atoms with Crippen LogP contribution >= 0.6 is 15.9 Å². The molecule has 5 heteroatoms. The molecule has 1 aromatic heterocycles. The van der Waals surface area contributed by atoms with Gasteiger partial charge < -0.3 is 10.1 Å². The lowest BCUT2D eigenvalue weighted by molar-refractivity contribution is 0.448. The monoisotopic (exact) mass is 346 g/mol. The number of hydrogen-bond acceptors (Lipinski definition) is 3. The molecule has 0 bridgehead atoms. The number of fused-ring (bicyclic) bond motifs is 1. The fourth-order valence-electron chi connectivity index (χ4n) is 3.74. The zero-order valence-electron chi connectivity index (χ0n) is 11.3. The first kappa shape index (κ1) is 13.1. The summed E-state index contributed by atoms with van der Waals surface area (Å²) in [5.41, 5.74) is 0.661. The normalized spacial score (nSPS) is 26.6. The van der Waals surface area contributed by atoms with Crippen molar-refractivity contribution in [2.45, 2.75) is 25.2 Å². The maximum atomic E-state index is 12.3. The Morgan fingerprint density at radius 3 is 2.48 bits per heavy atom. The molecule has 0 radical (unpaired) electrons. The van der Waals surface area contributed by atoms with E-state index in [0.29, 0.717) is 29.1 Å². The molecule has 2 aliphatic carbocycles. The van der Waals surface area contributed by atoms with Crippen LogP contribution in [0.25, 0.3) is 11.1 Å². The van der Waals surface area contributed by atoms with Crippen LogP contribution in [0.4, 0.5) is 0 Å². The zero-order valence-corrected chi connectivity index (χ0v) is 12.9. The van der Waals surface area contributed by atoms with Crippen LogP contribution in [-0.2, 0) is 0 Å². The molecule has 108 valence electrons. The maximum absolute atomic E-state index is 12.3. The van der Waals surface area contributed by atoms with Crippen molar-refractivity contribution in [1.82, 2.24) is 9.97 Å². The third-order valence-electron chi connectivity index (χ3n) is 4.77. The van der Waals surface area contributed by atoms with Gasteiger partial charge in [0.1, 0.15) is 11.4 Å². The molecule has 0 amide bonds. The molecule has 1 aromatic carbocycles. The Hall–Kier alpha value is -1.62. The van der Waals surface area contributed by atoms with E-state index in [1.807, 2.05) is 12.1 Å². The molecular weight excluding hydrogens is 332 g/mol. The molecular formula is C16H15BrN2O2. The summed E-state index contributed by atoms with van der Waals surface area (Å²) in [4.78, 5) is 19.5. The van der Waals surface area contributed by atoms with Crippen molar-refractivity contribution in [3.8, 4) is 17.0 Å². The number of rotatable bonds is 2. The Morgan fingerprint density at radius 2 is 1.86 bits per heavy atom.